The van der Waals surface area contributed by atoms with Crippen LogP contribution in [0.1, 0.15) is 42.1 Å². The van der Waals surface area contributed by atoms with Gasteiger partial charge in [-0.15, -0.1) is 0 Å². The molecule has 2 amide bonds. The molecule has 5 rings (SSSR count). The Kier molecular flexibility index (Phi) is 6.51. The van der Waals surface area contributed by atoms with Gasteiger partial charge in [-0.25, -0.2) is 4.99 Å². The molecule has 3 aliphatic heterocycles. The number of aliphatic imine (C=N–C) groups is 1. The number of carbonyl (C=O) groups excluding carboxylic acids is 2. The molecule has 0 bridgehead atoms. The smallest absolute Gasteiger partial charge is 0.253 e. The average molecular weight is 505 g/mol. The van der Waals surface area contributed by atoms with Crippen LogP contribution in [0.3, 0.4) is 0 Å². The molecule has 1 unspecified atom stereocenters. The van der Waals surface area contributed by atoms with Crippen molar-refractivity contribution in [2.45, 2.75) is 38.0 Å². The molecule has 0 aromatic heterocycles. The summed E-state index contributed by atoms with van der Waals surface area (Å²) >= 11 is 0. The second kappa shape index (κ2) is 9.78. The van der Waals surface area contributed by atoms with Gasteiger partial charge in [-0.05, 0) is 50.1 Å². The van der Waals surface area contributed by atoms with Crippen LogP contribution in [0.2, 0.25) is 0 Å². The quantitative estimate of drug-likeness (QED) is 0.493. The molecule has 1 fully saturated rings. The van der Waals surface area contributed by atoms with Gasteiger partial charge in [0.15, 0.2) is 11.5 Å². The third-order valence-corrected chi connectivity index (χ3v) is 6.93. The zero-order chi connectivity index (χ0) is 26.2. The zero-order valence-corrected chi connectivity index (χ0v) is 21.3. The van der Waals surface area contributed by atoms with Crippen molar-refractivity contribution in [3.05, 3.63) is 53.1 Å². The van der Waals surface area contributed by atoms with Crippen molar-refractivity contribution in [2.24, 2.45) is 10.7 Å². The van der Waals surface area contributed by atoms with Crippen molar-refractivity contribution < 1.29 is 19.1 Å². The van der Waals surface area contributed by atoms with Crippen LogP contribution in [0.25, 0.3) is 5.70 Å². The average Bonchev–Trinajstić information content (AvgIpc) is 3.03. The van der Waals surface area contributed by atoms with Gasteiger partial charge in [-0.1, -0.05) is 0 Å². The standard InChI is InChI=1S/C27H32N6O4/c1-27(31-19-5-7-22(36-2)23(14-19)37-3)29-15-17-13-24(34)30-21-6-4-16(12-20(21)25(17)32-27)26(35)33-10-8-18(28)9-11-33/h4-7,12,14-15,18,31-32H,8-11,13,28H2,1-3H3,(H,30,34). The summed E-state index contributed by atoms with van der Waals surface area (Å²) < 4.78 is 10.8. The molecule has 10 heteroatoms. The topological polar surface area (TPSA) is 130 Å². The number of hydrogen-bond donors (Lipinski definition) is 4. The Labute approximate surface area is 215 Å². The van der Waals surface area contributed by atoms with E-state index in [1.807, 2.05) is 36.1 Å². The van der Waals surface area contributed by atoms with Crippen molar-refractivity contribution in [3.8, 4) is 11.5 Å². The molecule has 0 radical (unpaired) electrons. The highest BCUT2D eigenvalue weighted by molar-refractivity contribution is 6.08. The lowest BCUT2D eigenvalue weighted by molar-refractivity contribution is -0.115. The fourth-order valence-corrected chi connectivity index (χ4v) is 4.91. The van der Waals surface area contributed by atoms with Crippen molar-refractivity contribution in [2.75, 3.05) is 37.9 Å². The predicted octanol–water partition coefficient (Wildman–Crippen LogP) is 2.78. The third-order valence-electron chi connectivity index (χ3n) is 6.93. The predicted molar refractivity (Wildman–Crippen MR) is 143 cm³/mol. The van der Waals surface area contributed by atoms with Crippen molar-refractivity contribution >= 4 is 35.1 Å². The van der Waals surface area contributed by atoms with Gasteiger partial charge in [-0.3, -0.25) is 9.59 Å². The molecule has 5 N–H and O–H groups in total. The van der Waals surface area contributed by atoms with Gasteiger partial charge in [0.25, 0.3) is 5.91 Å². The Morgan fingerprint density at radius 1 is 1.14 bits per heavy atom. The number of amides is 2. The van der Waals surface area contributed by atoms with E-state index in [0.717, 1.165) is 35.4 Å². The summed E-state index contributed by atoms with van der Waals surface area (Å²) in [6, 6.07) is 11.1. The second-order valence-corrected chi connectivity index (χ2v) is 9.67. The highest BCUT2D eigenvalue weighted by Crippen LogP contribution is 2.36. The van der Waals surface area contributed by atoms with Crippen LogP contribution in [0.4, 0.5) is 11.4 Å². The molecular weight excluding hydrogens is 472 g/mol. The Morgan fingerprint density at radius 3 is 2.62 bits per heavy atom. The SMILES string of the molecule is COc1ccc(NC2(C)N=CC3=C(N2)c2cc(C(=O)N4CCC(N)CC4)ccc2NC(=O)C3)cc1OC. The summed E-state index contributed by atoms with van der Waals surface area (Å²) in [5.41, 5.74) is 10.2. The van der Waals surface area contributed by atoms with Crippen LogP contribution in [0.5, 0.6) is 11.5 Å². The summed E-state index contributed by atoms with van der Waals surface area (Å²) in [7, 11) is 3.17. The number of fused-ring (bicyclic) bond motifs is 2. The van der Waals surface area contributed by atoms with Crippen LogP contribution in [-0.2, 0) is 4.79 Å². The number of benzene rings is 2. The monoisotopic (exact) mass is 504 g/mol. The van der Waals surface area contributed by atoms with Gasteiger partial charge in [-0.2, -0.15) is 0 Å². The van der Waals surface area contributed by atoms with Crippen molar-refractivity contribution in [3.63, 3.8) is 0 Å². The highest BCUT2D eigenvalue weighted by Gasteiger charge is 2.33. The second-order valence-electron chi connectivity index (χ2n) is 9.67. The van der Waals surface area contributed by atoms with Crippen LogP contribution < -0.4 is 31.2 Å². The zero-order valence-electron chi connectivity index (χ0n) is 21.3. The van der Waals surface area contributed by atoms with E-state index in [9.17, 15) is 9.59 Å². The minimum atomic E-state index is -0.924. The van der Waals surface area contributed by atoms with Crippen molar-refractivity contribution in [1.29, 1.82) is 0 Å². The van der Waals surface area contributed by atoms with Crippen LogP contribution in [0.15, 0.2) is 47.0 Å². The van der Waals surface area contributed by atoms with E-state index in [1.54, 1.807) is 32.6 Å². The van der Waals surface area contributed by atoms with Gasteiger partial charge in [0, 0.05) is 53.8 Å². The molecular formula is C27H32N6O4. The number of anilines is 2. The number of likely N-dealkylation sites (tertiary alicyclic amines) is 1. The lowest BCUT2D eigenvalue weighted by Gasteiger charge is -2.35. The van der Waals surface area contributed by atoms with Crippen LogP contribution >= 0.6 is 0 Å². The third kappa shape index (κ3) is 4.97. The first-order chi connectivity index (χ1) is 17.8. The molecule has 1 atom stereocenters. The lowest BCUT2D eigenvalue weighted by atomic mass is 9.99. The molecule has 37 heavy (non-hydrogen) atoms. The fraction of sp³-hybridized carbons (Fsp3) is 0.370. The summed E-state index contributed by atoms with van der Waals surface area (Å²) in [4.78, 5) is 32.4. The number of nitrogens with two attached hydrogens (primary N) is 1. The normalized spacial score (nSPS) is 21.3. The number of ether oxygens (including phenoxy) is 2. The van der Waals surface area contributed by atoms with Crippen molar-refractivity contribution in [1.82, 2.24) is 10.2 Å². The van der Waals surface area contributed by atoms with Gasteiger partial charge in [0.2, 0.25) is 11.7 Å². The summed E-state index contributed by atoms with van der Waals surface area (Å²) in [5, 5.41) is 9.84. The van der Waals surface area contributed by atoms with Crippen LogP contribution in [-0.4, -0.2) is 62.1 Å². The maximum Gasteiger partial charge on any atom is 0.253 e. The maximum atomic E-state index is 13.3. The summed E-state index contributed by atoms with van der Waals surface area (Å²) in [5.74, 6) is 0.111. The molecule has 0 spiro atoms. The fourth-order valence-electron chi connectivity index (χ4n) is 4.91. The number of methoxy groups -OCH3 is 2. The Balaban J connectivity index is 1.45. The first-order valence-electron chi connectivity index (χ1n) is 12.3. The number of piperidine rings is 1. The lowest BCUT2D eigenvalue weighted by Crippen LogP contribution is -2.49. The largest absolute Gasteiger partial charge is 0.493 e. The molecule has 1 saturated heterocycles. The number of carbonyl (C=O) groups is 2. The summed E-state index contributed by atoms with van der Waals surface area (Å²) in [6.45, 7) is 3.18. The molecule has 10 nitrogen and oxygen atoms in total. The molecule has 194 valence electrons. The van der Waals surface area contributed by atoms with Gasteiger partial charge < -0.3 is 36.1 Å². The molecule has 2 aromatic carbocycles. The molecule has 0 aliphatic carbocycles. The van der Waals surface area contributed by atoms with E-state index < -0.39 is 5.79 Å². The Hall–Kier alpha value is -4.05. The van der Waals surface area contributed by atoms with E-state index in [0.29, 0.717) is 35.8 Å². The minimum Gasteiger partial charge on any atom is -0.493 e. The van der Waals surface area contributed by atoms with Gasteiger partial charge in [0.1, 0.15) is 0 Å². The van der Waals surface area contributed by atoms with E-state index in [-0.39, 0.29) is 24.3 Å². The first kappa shape index (κ1) is 24.6. The maximum absolute atomic E-state index is 13.3. The van der Waals surface area contributed by atoms with E-state index in [2.05, 4.69) is 20.9 Å². The number of hydrogen-bond acceptors (Lipinski definition) is 8. The molecule has 2 aromatic rings. The van der Waals surface area contributed by atoms with Gasteiger partial charge in [0.05, 0.1) is 32.0 Å². The minimum absolute atomic E-state index is 0.0388. The van der Waals surface area contributed by atoms with E-state index in [1.165, 1.54) is 0 Å². The van der Waals surface area contributed by atoms with Crippen LogP contribution in [0, 0.1) is 0 Å². The Bertz CT molecular complexity index is 1300. The molecule has 3 aliphatic rings. The van der Waals surface area contributed by atoms with E-state index in [4.69, 9.17) is 15.2 Å². The highest BCUT2D eigenvalue weighted by atomic mass is 16.5. The Morgan fingerprint density at radius 2 is 1.89 bits per heavy atom. The molecule has 0 saturated carbocycles. The molecule has 3 heterocycles. The summed E-state index contributed by atoms with van der Waals surface area (Å²) in [6.07, 6.45) is 3.47. The van der Waals surface area contributed by atoms with Gasteiger partial charge >= 0.3 is 0 Å². The first-order valence-corrected chi connectivity index (χ1v) is 12.3. The number of nitrogens with zero attached hydrogens (tertiary/aromatic N) is 2. The number of nitrogens with one attached hydrogen (secondary N) is 3. The van der Waals surface area contributed by atoms with E-state index >= 15 is 0 Å². The number of rotatable bonds is 5.